The Balaban J connectivity index is 3.58. The normalized spacial score (nSPS) is 12.2. The van der Waals surface area contributed by atoms with Crippen molar-refractivity contribution in [1.82, 2.24) is 0 Å². The van der Waals surface area contributed by atoms with Gasteiger partial charge in [0.15, 0.2) is 5.69 Å². The van der Waals surface area contributed by atoms with E-state index in [0.717, 1.165) is 23.0 Å². The van der Waals surface area contributed by atoms with E-state index >= 15 is 0 Å². The average molecular weight is 589 g/mol. The van der Waals surface area contributed by atoms with E-state index < -0.39 is 5.69 Å². The van der Waals surface area contributed by atoms with Crippen molar-refractivity contribution in [2.45, 2.75) is 142 Å². The minimum absolute atomic E-state index is 0.328. The van der Waals surface area contributed by atoms with E-state index in [-0.39, 0.29) is 10.1 Å². The van der Waals surface area contributed by atoms with E-state index in [0.29, 0.717) is 0 Å². The molecule has 0 amide bonds. The Morgan fingerprint density at radius 1 is 0.486 bits per heavy atom. The van der Waals surface area contributed by atoms with Gasteiger partial charge in [-0.2, -0.15) is 23.5 Å². The van der Waals surface area contributed by atoms with Crippen molar-refractivity contribution in [2.24, 2.45) is 0 Å². The van der Waals surface area contributed by atoms with Crippen LogP contribution in [0.25, 0.3) is 0 Å². The highest BCUT2D eigenvalue weighted by Crippen LogP contribution is 2.47. The van der Waals surface area contributed by atoms with Gasteiger partial charge in [-0.1, -0.05) is 142 Å². The van der Waals surface area contributed by atoms with Crippen LogP contribution in [-0.4, -0.2) is 44.3 Å². The second-order valence-corrected chi connectivity index (χ2v) is 20.8. The van der Waals surface area contributed by atoms with Gasteiger partial charge < -0.3 is 9.79 Å². The molecule has 0 rings (SSSR count). The summed E-state index contributed by atoms with van der Waals surface area (Å²) in [6.45, 7) is 4.56. The van der Waals surface area contributed by atoms with Crippen molar-refractivity contribution in [3.63, 3.8) is 0 Å². The van der Waals surface area contributed by atoms with Crippen LogP contribution in [0.4, 0.5) is 0 Å². The van der Waals surface area contributed by atoms with Crippen molar-refractivity contribution >= 4 is 51.5 Å². The lowest BCUT2D eigenvalue weighted by atomic mass is 10.1. The maximum atomic E-state index is 10.2. The van der Waals surface area contributed by atoms with E-state index in [4.69, 9.17) is 0 Å². The highest BCUT2D eigenvalue weighted by Gasteiger charge is 2.11. The fraction of sp³-hybridized carbons (Fsp3) is 1.00. The fourth-order valence-electron chi connectivity index (χ4n) is 4.24. The summed E-state index contributed by atoms with van der Waals surface area (Å²) in [5.41, 5.74) is -3.00. The van der Waals surface area contributed by atoms with Crippen molar-refractivity contribution < 1.29 is 9.79 Å². The zero-order valence-corrected chi connectivity index (χ0v) is 27.6. The smallest absolute Gasteiger partial charge is 0.198 e. The first kappa shape index (κ1) is 36.8. The Morgan fingerprint density at radius 3 is 1.06 bits per heavy atom. The zero-order chi connectivity index (χ0) is 25.9. The van der Waals surface area contributed by atoms with Crippen molar-refractivity contribution in [2.75, 3.05) is 34.5 Å². The number of thiol groups is 1. The lowest BCUT2D eigenvalue weighted by Gasteiger charge is -2.16. The average Bonchev–Trinajstić information content (AvgIpc) is 2.82. The van der Waals surface area contributed by atoms with Crippen molar-refractivity contribution in [3.05, 3.63) is 0 Å². The van der Waals surface area contributed by atoms with Gasteiger partial charge in [-0.15, -0.1) is 10.1 Å². The maximum Gasteiger partial charge on any atom is 0.198 e. The summed E-state index contributed by atoms with van der Waals surface area (Å²) in [4.78, 5) is 20.4. The molecule has 2 nitrogen and oxygen atoms in total. The third-order valence-corrected chi connectivity index (χ3v) is 16.5. The number of rotatable bonds is 28. The monoisotopic (exact) mass is 588 g/mol. The van der Waals surface area contributed by atoms with Gasteiger partial charge in [0.05, 0.1) is 0 Å². The predicted octanol–water partition coefficient (Wildman–Crippen LogP) is 10.5. The van der Waals surface area contributed by atoms with Crippen LogP contribution >= 0.6 is 41.5 Å². The van der Waals surface area contributed by atoms with Gasteiger partial charge >= 0.3 is 0 Å². The van der Waals surface area contributed by atoms with Crippen LogP contribution in [-0.2, 0) is 10.1 Å². The minimum Gasteiger partial charge on any atom is -0.341 e. The molecule has 0 aliphatic heterocycles. The van der Waals surface area contributed by atoms with Crippen LogP contribution < -0.4 is 0 Å². The van der Waals surface area contributed by atoms with Crippen LogP contribution in [0.3, 0.4) is 0 Å². The van der Waals surface area contributed by atoms with E-state index in [1.165, 1.54) is 140 Å². The topological polar surface area (TPSA) is 40.5 Å². The molecule has 0 aliphatic carbocycles. The number of hydrogen-bond acceptors (Lipinski definition) is 2. The van der Waals surface area contributed by atoms with Gasteiger partial charge in [0.25, 0.3) is 0 Å². The summed E-state index contributed by atoms with van der Waals surface area (Å²) in [5.74, 6) is 6.38. The van der Waals surface area contributed by atoms with Crippen molar-refractivity contribution in [1.29, 1.82) is 0 Å². The molecule has 7 heteroatoms. The van der Waals surface area contributed by atoms with Crippen molar-refractivity contribution in [3.8, 4) is 0 Å². The molecule has 0 saturated carbocycles. The van der Waals surface area contributed by atoms with Crippen LogP contribution in [0, 0.1) is 0 Å². The van der Waals surface area contributed by atoms with Gasteiger partial charge in [-0.25, -0.2) is 0 Å². The fourth-order valence-corrected chi connectivity index (χ4v) is 12.9. The van der Waals surface area contributed by atoms with E-state index in [1.54, 1.807) is 0 Å². The molecule has 35 heavy (non-hydrogen) atoms. The molecular formula is C28H61O2PS4. The van der Waals surface area contributed by atoms with Gasteiger partial charge in [-0.3, -0.25) is 0 Å². The Bertz CT molecular complexity index is 445. The zero-order valence-electron chi connectivity index (χ0n) is 23.4. The van der Waals surface area contributed by atoms with Crippen LogP contribution in [0.5, 0.6) is 0 Å². The summed E-state index contributed by atoms with van der Waals surface area (Å²) >= 11 is 8.20. The number of hydrogen-bond donors (Lipinski definition) is 3. The molecule has 0 aromatic rings. The molecule has 0 spiro atoms. The van der Waals surface area contributed by atoms with E-state index in [9.17, 15) is 9.79 Å². The first-order valence-electron chi connectivity index (χ1n) is 14.9. The Kier molecular flexibility index (Phi) is 30.2. The molecule has 0 bridgehead atoms. The minimum atomic E-state index is -3.00. The molecule has 0 aromatic heterocycles. The molecule has 0 saturated heterocycles. The molecule has 0 heterocycles. The maximum absolute atomic E-state index is 10.2. The first-order chi connectivity index (χ1) is 17.0. The number of unbranched alkanes of at least 4 members (excludes halogenated alkanes) is 18. The van der Waals surface area contributed by atoms with E-state index in [1.807, 2.05) is 23.5 Å². The Morgan fingerprint density at radius 2 is 0.771 bits per heavy atom. The summed E-state index contributed by atoms with van der Waals surface area (Å²) in [6, 6.07) is 0. The highest BCUT2D eigenvalue weighted by molar-refractivity contribution is 8.65. The third-order valence-electron chi connectivity index (χ3n) is 6.56. The van der Waals surface area contributed by atoms with Gasteiger partial charge in [0.2, 0.25) is 0 Å². The van der Waals surface area contributed by atoms with Crippen LogP contribution in [0.15, 0.2) is 0 Å². The second-order valence-electron chi connectivity index (χ2n) is 9.97. The van der Waals surface area contributed by atoms with Crippen LogP contribution in [0.1, 0.15) is 142 Å². The largest absolute Gasteiger partial charge is 0.341 e. The summed E-state index contributed by atoms with van der Waals surface area (Å²) in [6.07, 6.45) is 27.7. The summed E-state index contributed by atoms with van der Waals surface area (Å²) in [7, 11) is -0.328. The Hall–Kier alpha value is 1.75. The quantitative estimate of drug-likeness (QED) is 0.0483. The molecule has 0 atom stereocenters. The SMILES string of the molecule is CCCCCCCCCCCCSCCS(CCSCCCCCCCCCCCC)=P(O)(O)S. The molecule has 0 unspecified atom stereocenters. The summed E-state index contributed by atoms with van der Waals surface area (Å²) in [5, 5.41) is 0. The molecule has 0 fully saturated rings. The lowest BCUT2D eigenvalue weighted by molar-refractivity contribution is 0.502. The highest BCUT2D eigenvalue weighted by atomic mass is 32.9. The standard InChI is InChI=1S/C28H61O2PS4/c1-3-5-7-9-11-13-15-17-19-21-23-33-25-27-35(31(29,30)32)28-26-34-24-22-20-18-16-14-12-10-8-6-4-2/h29-30,32H,3-28H2,1-2H3. The Labute approximate surface area is 237 Å². The molecule has 0 aliphatic rings. The lowest BCUT2D eigenvalue weighted by Crippen LogP contribution is -2.08. The second kappa shape index (κ2) is 28.8. The van der Waals surface area contributed by atoms with Gasteiger partial charge in [-0.05, 0) is 24.3 Å². The van der Waals surface area contributed by atoms with Gasteiger partial charge in [0.1, 0.15) is 0 Å². The molecular weight excluding hydrogens is 528 g/mol. The van der Waals surface area contributed by atoms with Crippen LogP contribution in [0.2, 0.25) is 0 Å². The predicted molar refractivity (Wildman–Crippen MR) is 176 cm³/mol. The molecule has 214 valence electrons. The van der Waals surface area contributed by atoms with Gasteiger partial charge in [0, 0.05) is 23.0 Å². The van der Waals surface area contributed by atoms with E-state index in [2.05, 4.69) is 26.1 Å². The molecule has 0 radical (unpaired) electrons. The number of thioether (sulfide) groups is 2. The molecule has 0 aromatic carbocycles. The summed E-state index contributed by atoms with van der Waals surface area (Å²) < 4.78 is 0. The third kappa shape index (κ3) is 28.6. The molecule has 2 N–H and O–H groups in total. The first-order valence-corrected chi connectivity index (χ1v) is 22.3.